The van der Waals surface area contributed by atoms with Gasteiger partial charge in [-0.2, -0.15) is 0 Å². The van der Waals surface area contributed by atoms with Crippen LogP contribution in [0.5, 0.6) is 0 Å². The highest BCUT2D eigenvalue weighted by Gasteiger charge is 2.41. The second-order valence-corrected chi connectivity index (χ2v) is 5.87. The van der Waals surface area contributed by atoms with E-state index in [2.05, 4.69) is 39.8 Å². The smallest absolute Gasteiger partial charge is 0.150 e. The van der Waals surface area contributed by atoms with Crippen molar-refractivity contribution in [2.24, 2.45) is 0 Å². The first-order valence-electron chi connectivity index (χ1n) is 5.47. The van der Waals surface area contributed by atoms with Gasteiger partial charge in [-0.15, -0.1) is 0 Å². The van der Waals surface area contributed by atoms with E-state index in [9.17, 15) is 4.79 Å². The molecular weight excluding hydrogens is 184 g/mol. The standard InChI is InChI=1S/C14H18O/c1-13(2)9-14(3,4)12-7-10(8-15)5-6-11(12)13/h5-8H,9H2,1-4H3. The topological polar surface area (TPSA) is 17.1 Å². The molecule has 15 heavy (non-hydrogen) atoms. The number of hydrogen-bond acceptors (Lipinski definition) is 1. The fourth-order valence-electron chi connectivity index (χ4n) is 3.08. The molecule has 0 spiro atoms. The Hall–Kier alpha value is -1.11. The van der Waals surface area contributed by atoms with Crippen molar-refractivity contribution in [2.75, 3.05) is 0 Å². The fourth-order valence-corrected chi connectivity index (χ4v) is 3.08. The van der Waals surface area contributed by atoms with Gasteiger partial charge in [0, 0.05) is 5.56 Å². The molecule has 0 saturated heterocycles. The molecule has 1 aromatic rings. The van der Waals surface area contributed by atoms with Gasteiger partial charge >= 0.3 is 0 Å². The van der Waals surface area contributed by atoms with Gasteiger partial charge in [-0.05, 0) is 34.4 Å². The van der Waals surface area contributed by atoms with E-state index >= 15 is 0 Å². The van der Waals surface area contributed by atoms with Gasteiger partial charge in [-0.3, -0.25) is 4.79 Å². The molecule has 0 atom stereocenters. The lowest BCUT2D eigenvalue weighted by atomic mass is 9.82. The van der Waals surface area contributed by atoms with E-state index in [4.69, 9.17) is 0 Å². The molecule has 0 unspecified atom stereocenters. The summed E-state index contributed by atoms with van der Waals surface area (Å²) in [7, 11) is 0. The Bertz CT molecular complexity index is 413. The molecule has 1 aliphatic carbocycles. The normalized spacial score (nSPS) is 21.1. The molecule has 1 heteroatoms. The number of benzene rings is 1. The van der Waals surface area contributed by atoms with Crippen molar-refractivity contribution in [3.63, 3.8) is 0 Å². The van der Waals surface area contributed by atoms with Gasteiger partial charge in [0.25, 0.3) is 0 Å². The zero-order chi connectivity index (χ0) is 11.3. The number of carbonyl (C=O) groups is 1. The lowest BCUT2D eigenvalue weighted by Crippen LogP contribution is -2.17. The summed E-state index contributed by atoms with van der Waals surface area (Å²) in [6, 6.07) is 6.10. The van der Waals surface area contributed by atoms with Crippen molar-refractivity contribution in [1.29, 1.82) is 0 Å². The Balaban J connectivity index is 2.65. The molecule has 0 N–H and O–H groups in total. The number of fused-ring (bicyclic) bond motifs is 1. The van der Waals surface area contributed by atoms with Crippen LogP contribution in [0.4, 0.5) is 0 Å². The molecule has 1 aliphatic rings. The van der Waals surface area contributed by atoms with Crippen molar-refractivity contribution < 1.29 is 4.79 Å². The van der Waals surface area contributed by atoms with Crippen LogP contribution >= 0.6 is 0 Å². The van der Waals surface area contributed by atoms with Crippen LogP contribution < -0.4 is 0 Å². The highest BCUT2D eigenvalue weighted by atomic mass is 16.1. The zero-order valence-corrected chi connectivity index (χ0v) is 9.92. The van der Waals surface area contributed by atoms with Crippen molar-refractivity contribution in [3.05, 3.63) is 34.9 Å². The minimum Gasteiger partial charge on any atom is -0.298 e. The predicted octanol–water partition coefficient (Wildman–Crippen LogP) is 3.46. The summed E-state index contributed by atoms with van der Waals surface area (Å²) in [4.78, 5) is 10.8. The van der Waals surface area contributed by atoms with Gasteiger partial charge in [0.1, 0.15) is 6.29 Å². The first kappa shape index (κ1) is 10.4. The molecule has 0 fully saturated rings. The molecule has 2 rings (SSSR count). The Morgan fingerprint density at radius 3 is 2.27 bits per heavy atom. The Kier molecular flexibility index (Phi) is 2.04. The van der Waals surface area contributed by atoms with Crippen LogP contribution in [0.1, 0.15) is 55.6 Å². The van der Waals surface area contributed by atoms with Gasteiger partial charge in [-0.25, -0.2) is 0 Å². The maximum Gasteiger partial charge on any atom is 0.150 e. The van der Waals surface area contributed by atoms with E-state index in [1.807, 2.05) is 6.07 Å². The summed E-state index contributed by atoms with van der Waals surface area (Å²) < 4.78 is 0. The quantitative estimate of drug-likeness (QED) is 0.637. The number of aldehydes is 1. The summed E-state index contributed by atoms with van der Waals surface area (Å²) in [5.74, 6) is 0. The van der Waals surface area contributed by atoms with Crippen LogP contribution in [0.25, 0.3) is 0 Å². The van der Waals surface area contributed by atoms with Gasteiger partial charge in [0.2, 0.25) is 0 Å². The molecular formula is C14H18O. The summed E-state index contributed by atoms with van der Waals surface area (Å²) in [6.07, 6.45) is 2.08. The molecule has 0 amide bonds. The minimum absolute atomic E-state index is 0.192. The predicted molar refractivity (Wildman–Crippen MR) is 62.5 cm³/mol. The summed E-state index contributed by atoms with van der Waals surface area (Å²) in [6.45, 7) is 9.08. The van der Waals surface area contributed by atoms with Crippen molar-refractivity contribution in [3.8, 4) is 0 Å². The van der Waals surface area contributed by atoms with Crippen LogP contribution in [-0.2, 0) is 10.8 Å². The Morgan fingerprint density at radius 2 is 1.67 bits per heavy atom. The number of hydrogen-bond donors (Lipinski definition) is 0. The fraction of sp³-hybridized carbons (Fsp3) is 0.500. The van der Waals surface area contributed by atoms with Crippen LogP contribution in [-0.4, -0.2) is 6.29 Å². The van der Waals surface area contributed by atoms with Crippen LogP contribution in [0.15, 0.2) is 18.2 Å². The summed E-state index contributed by atoms with van der Waals surface area (Å²) in [5.41, 5.74) is 3.97. The zero-order valence-electron chi connectivity index (χ0n) is 9.92. The second-order valence-electron chi connectivity index (χ2n) is 5.87. The van der Waals surface area contributed by atoms with E-state index in [1.54, 1.807) is 0 Å². The summed E-state index contributed by atoms with van der Waals surface area (Å²) >= 11 is 0. The number of rotatable bonds is 1. The van der Waals surface area contributed by atoms with E-state index in [0.717, 1.165) is 18.3 Å². The monoisotopic (exact) mass is 202 g/mol. The van der Waals surface area contributed by atoms with Crippen LogP contribution in [0.3, 0.4) is 0 Å². The van der Waals surface area contributed by atoms with E-state index in [1.165, 1.54) is 11.1 Å². The van der Waals surface area contributed by atoms with Crippen molar-refractivity contribution in [2.45, 2.75) is 44.9 Å². The molecule has 0 heterocycles. The third kappa shape index (κ3) is 1.50. The van der Waals surface area contributed by atoms with Gasteiger partial charge in [0.05, 0.1) is 0 Å². The van der Waals surface area contributed by atoms with Crippen LogP contribution in [0, 0.1) is 0 Å². The highest BCUT2D eigenvalue weighted by Crippen LogP contribution is 2.49. The molecule has 1 nitrogen and oxygen atoms in total. The van der Waals surface area contributed by atoms with Crippen molar-refractivity contribution in [1.82, 2.24) is 0 Å². The average molecular weight is 202 g/mol. The third-order valence-electron chi connectivity index (χ3n) is 3.52. The maximum absolute atomic E-state index is 10.8. The lowest BCUT2D eigenvalue weighted by molar-refractivity contribution is 0.112. The van der Waals surface area contributed by atoms with Gasteiger partial charge < -0.3 is 0 Å². The first-order chi connectivity index (χ1) is 6.87. The Labute approximate surface area is 91.5 Å². The molecule has 0 aromatic heterocycles. The van der Waals surface area contributed by atoms with E-state index in [0.29, 0.717) is 0 Å². The maximum atomic E-state index is 10.8. The molecule has 1 aromatic carbocycles. The molecule has 0 radical (unpaired) electrons. The SMILES string of the molecule is CC1(C)CC(C)(C)c2cc(C=O)ccc21. The summed E-state index contributed by atoms with van der Waals surface area (Å²) in [5, 5.41) is 0. The Morgan fingerprint density at radius 1 is 1.07 bits per heavy atom. The minimum atomic E-state index is 0.192. The molecule has 80 valence electrons. The van der Waals surface area contributed by atoms with E-state index in [-0.39, 0.29) is 10.8 Å². The van der Waals surface area contributed by atoms with E-state index < -0.39 is 0 Å². The van der Waals surface area contributed by atoms with Crippen LogP contribution in [0.2, 0.25) is 0 Å². The number of carbonyl (C=O) groups excluding carboxylic acids is 1. The second kappa shape index (κ2) is 2.94. The molecule has 0 aliphatic heterocycles. The molecule has 0 bridgehead atoms. The molecule has 0 saturated carbocycles. The largest absolute Gasteiger partial charge is 0.298 e. The first-order valence-corrected chi connectivity index (χ1v) is 5.47. The third-order valence-corrected chi connectivity index (χ3v) is 3.52. The van der Waals surface area contributed by atoms with Crippen molar-refractivity contribution >= 4 is 6.29 Å². The average Bonchev–Trinajstić information content (AvgIpc) is 2.32. The highest BCUT2D eigenvalue weighted by molar-refractivity contribution is 5.76. The lowest BCUT2D eigenvalue weighted by Gasteiger charge is -2.22. The van der Waals surface area contributed by atoms with Gasteiger partial charge in [-0.1, -0.05) is 39.8 Å². The van der Waals surface area contributed by atoms with Gasteiger partial charge in [0.15, 0.2) is 0 Å².